The predicted molar refractivity (Wildman–Crippen MR) is 95.9 cm³/mol. The van der Waals surface area contributed by atoms with Gasteiger partial charge in [0.25, 0.3) is 5.91 Å². The van der Waals surface area contributed by atoms with Gasteiger partial charge in [0, 0.05) is 11.3 Å². The number of hydrogen-bond acceptors (Lipinski definition) is 5. The molecule has 0 atom stereocenters. The van der Waals surface area contributed by atoms with Crippen molar-refractivity contribution in [3.63, 3.8) is 0 Å². The van der Waals surface area contributed by atoms with Crippen molar-refractivity contribution in [1.82, 2.24) is 10.2 Å². The maximum Gasteiger partial charge on any atom is 0.324 e. The van der Waals surface area contributed by atoms with Gasteiger partial charge in [-0.05, 0) is 29.8 Å². The topological polar surface area (TPSA) is 97.0 Å². The molecule has 0 unspecified atom stereocenters. The molecule has 0 saturated carbocycles. The van der Waals surface area contributed by atoms with Crippen molar-refractivity contribution in [3.05, 3.63) is 52.5 Å². The van der Waals surface area contributed by atoms with Gasteiger partial charge in [-0.15, -0.1) is 0 Å². The number of fused-ring (bicyclic) bond motifs is 1. The van der Waals surface area contributed by atoms with E-state index in [-0.39, 0.29) is 31.7 Å². The van der Waals surface area contributed by atoms with Gasteiger partial charge in [0.1, 0.15) is 0 Å². The van der Waals surface area contributed by atoms with Gasteiger partial charge in [-0.25, -0.2) is 4.79 Å². The molecular formula is C18H14ClN3O5. The first-order valence-corrected chi connectivity index (χ1v) is 8.47. The Morgan fingerprint density at radius 3 is 2.85 bits per heavy atom. The van der Waals surface area contributed by atoms with Gasteiger partial charge < -0.3 is 20.1 Å². The molecule has 1 fully saturated rings. The number of hydrogen-bond donors (Lipinski definition) is 2. The molecule has 0 aromatic heterocycles. The number of carbonyl (C=O) groups excluding carboxylic acids is 3. The second kappa shape index (κ2) is 6.81. The van der Waals surface area contributed by atoms with Crippen molar-refractivity contribution >= 4 is 35.1 Å². The molecule has 4 rings (SSSR count). The summed E-state index contributed by atoms with van der Waals surface area (Å²) in [6.45, 7) is 0.190. The summed E-state index contributed by atoms with van der Waals surface area (Å²) in [6, 6.07) is 9.54. The van der Waals surface area contributed by atoms with Crippen LogP contribution in [-0.2, 0) is 11.3 Å². The summed E-state index contributed by atoms with van der Waals surface area (Å²) in [5, 5.41) is 5.53. The van der Waals surface area contributed by atoms with Gasteiger partial charge in [0.05, 0.1) is 18.1 Å². The van der Waals surface area contributed by atoms with Gasteiger partial charge in [0.15, 0.2) is 11.5 Å². The number of urea groups is 1. The molecule has 138 valence electrons. The zero-order valence-corrected chi connectivity index (χ0v) is 14.7. The van der Waals surface area contributed by atoms with Crippen LogP contribution < -0.4 is 20.1 Å². The molecule has 8 nitrogen and oxygen atoms in total. The van der Waals surface area contributed by atoms with E-state index in [0.29, 0.717) is 33.3 Å². The fourth-order valence-electron chi connectivity index (χ4n) is 2.85. The van der Waals surface area contributed by atoms with Crippen LogP contribution in [0.15, 0.2) is 36.4 Å². The average Bonchev–Trinajstić information content (AvgIpc) is 3.24. The van der Waals surface area contributed by atoms with E-state index in [1.54, 1.807) is 30.3 Å². The largest absolute Gasteiger partial charge is 0.454 e. The van der Waals surface area contributed by atoms with Crippen LogP contribution in [0.2, 0.25) is 5.02 Å². The Morgan fingerprint density at radius 2 is 2.07 bits per heavy atom. The number of ether oxygens (including phenoxy) is 2. The van der Waals surface area contributed by atoms with Crippen molar-refractivity contribution in [2.75, 3.05) is 18.7 Å². The van der Waals surface area contributed by atoms with Crippen LogP contribution in [0.1, 0.15) is 15.9 Å². The molecule has 0 aliphatic carbocycles. The molecule has 2 aromatic carbocycles. The molecule has 9 heteroatoms. The lowest BCUT2D eigenvalue weighted by Crippen LogP contribution is -2.30. The first-order chi connectivity index (χ1) is 13.0. The van der Waals surface area contributed by atoms with E-state index < -0.39 is 6.03 Å². The summed E-state index contributed by atoms with van der Waals surface area (Å²) in [7, 11) is 0. The van der Waals surface area contributed by atoms with Crippen LogP contribution in [0.3, 0.4) is 0 Å². The molecule has 1 saturated heterocycles. The number of rotatable bonds is 4. The first kappa shape index (κ1) is 17.2. The third-order valence-electron chi connectivity index (χ3n) is 4.15. The minimum atomic E-state index is -0.426. The van der Waals surface area contributed by atoms with Gasteiger partial charge in [0.2, 0.25) is 12.7 Å². The number of benzene rings is 2. The number of halogens is 1. The lowest BCUT2D eigenvalue weighted by Gasteiger charge is -2.13. The van der Waals surface area contributed by atoms with Gasteiger partial charge >= 0.3 is 6.03 Å². The van der Waals surface area contributed by atoms with Crippen LogP contribution in [0, 0.1) is 0 Å². The Hall–Kier alpha value is -3.26. The summed E-state index contributed by atoms with van der Waals surface area (Å²) in [5.74, 6) is 0.176. The Labute approximate surface area is 159 Å². The SMILES string of the molecule is O=C(Nc1cccc(CN2C(=O)CNC2=O)c1)c1cc(Cl)c2c(c1)OCO2. The standard InChI is InChI=1S/C18H14ClN3O5/c19-13-5-11(6-14-16(13)27-9-26-14)17(24)21-12-3-1-2-10(4-12)8-22-15(23)7-20-18(22)25/h1-6H,7-9H2,(H,20,25)(H,21,24). The Balaban J connectivity index is 1.50. The van der Waals surface area contributed by atoms with E-state index in [0.717, 1.165) is 4.90 Å². The van der Waals surface area contributed by atoms with Crippen molar-refractivity contribution in [1.29, 1.82) is 0 Å². The van der Waals surface area contributed by atoms with Crippen molar-refractivity contribution in [3.8, 4) is 11.5 Å². The number of nitrogens with one attached hydrogen (secondary N) is 2. The van der Waals surface area contributed by atoms with Crippen molar-refractivity contribution in [2.24, 2.45) is 0 Å². The van der Waals surface area contributed by atoms with E-state index in [4.69, 9.17) is 21.1 Å². The highest BCUT2D eigenvalue weighted by molar-refractivity contribution is 6.32. The van der Waals surface area contributed by atoms with E-state index >= 15 is 0 Å². The maximum absolute atomic E-state index is 12.5. The molecular weight excluding hydrogens is 374 g/mol. The summed E-state index contributed by atoms with van der Waals surface area (Å²) >= 11 is 6.11. The second-order valence-electron chi connectivity index (χ2n) is 5.98. The number of amides is 4. The Morgan fingerprint density at radius 1 is 1.22 bits per heavy atom. The third-order valence-corrected chi connectivity index (χ3v) is 4.43. The molecule has 2 heterocycles. The monoisotopic (exact) mass is 387 g/mol. The zero-order chi connectivity index (χ0) is 19.0. The van der Waals surface area contributed by atoms with Crippen LogP contribution in [0.5, 0.6) is 11.5 Å². The lowest BCUT2D eigenvalue weighted by molar-refractivity contribution is -0.125. The highest BCUT2D eigenvalue weighted by Gasteiger charge is 2.28. The van der Waals surface area contributed by atoms with Gasteiger partial charge in [-0.1, -0.05) is 23.7 Å². The zero-order valence-electron chi connectivity index (χ0n) is 14.0. The summed E-state index contributed by atoms with van der Waals surface area (Å²) in [5.41, 5.74) is 1.56. The highest BCUT2D eigenvalue weighted by Crippen LogP contribution is 2.39. The number of imide groups is 1. The number of carbonyl (C=O) groups is 3. The molecule has 4 amide bonds. The summed E-state index contributed by atoms with van der Waals surface area (Å²) in [6.07, 6.45) is 0. The fourth-order valence-corrected chi connectivity index (χ4v) is 3.11. The van der Waals surface area contributed by atoms with E-state index in [2.05, 4.69) is 10.6 Å². The molecule has 27 heavy (non-hydrogen) atoms. The Kier molecular flexibility index (Phi) is 4.33. The maximum atomic E-state index is 12.5. The molecule has 0 radical (unpaired) electrons. The lowest BCUT2D eigenvalue weighted by atomic mass is 10.1. The molecule has 2 N–H and O–H groups in total. The number of nitrogens with zero attached hydrogens (tertiary/aromatic N) is 1. The smallest absolute Gasteiger partial charge is 0.324 e. The van der Waals surface area contributed by atoms with Crippen molar-refractivity contribution in [2.45, 2.75) is 6.54 Å². The van der Waals surface area contributed by atoms with Crippen LogP contribution in [0.4, 0.5) is 10.5 Å². The van der Waals surface area contributed by atoms with Crippen LogP contribution in [0.25, 0.3) is 0 Å². The van der Waals surface area contributed by atoms with Crippen molar-refractivity contribution < 1.29 is 23.9 Å². The van der Waals surface area contributed by atoms with E-state index in [1.165, 1.54) is 6.07 Å². The van der Waals surface area contributed by atoms with E-state index in [1.807, 2.05) is 0 Å². The fraction of sp³-hybridized carbons (Fsp3) is 0.167. The predicted octanol–water partition coefficient (Wildman–Crippen LogP) is 2.37. The Bertz CT molecular complexity index is 946. The van der Waals surface area contributed by atoms with Crippen LogP contribution in [-0.4, -0.2) is 36.1 Å². The minimum Gasteiger partial charge on any atom is -0.454 e. The highest BCUT2D eigenvalue weighted by atomic mass is 35.5. The average molecular weight is 388 g/mol. The molecule has 0 bridgehead atoms. The van der Waals surface area contributed by atoms with Gasteiger partial charge in [-0.3, -0.25) is 14.5 Å². The normalized spacial score (nSPS) is 15.1. The van der Waals surface area contributed by atoms with Gasteiger partial charge in [-0.2, -0.15) is 0 Å². The summed E-state index contributed by atoms with van der Waals surface area (Å²) in [4.78, 5) is 37.0. The van der Waals surface area contributed by atoms with Crippen LogP contribution >= 0.6 is 11.6 Å². The minimum absolute atomic E-state index is 0.000132. The quantitative estimate of drug-likeness (QED) is 0.785. The molecule has 2 aliphatic rings. The molecule has 2 aromatic rings. The first-order valence-electron chi connectivity index (χ1n) is 8.09. The third kappa shape index (κ3) is 3.39. The summed E-state index contributed by atoms with van der Waals surface area (Å²) < 4.78 is 10.5. The number of anilines is 1. The molecule has 2 aliphatic heterocycles. The van der Waals surface area contributed by atoms with E-state index in [9.17, 15) is 14.4 Å². The second-order valence-corrected chi connectivity index (χ2v) is 6.39. The molecule has 0 spiro atoms.